The molecule has 82 valence electrons. The summed E-state index contributed by atoms with van der Waals surface area (Å²) < 4.78 is 17.7. The number of nitrogens with one attached hydrogen (secondary N) is 1. The van der Waals surface area contributed by atoms with Crippen LogP contribution in [0.4, 0.5) is 21.5 Å². The van der Waals surface area contributed by atoms with Gasteiger partial charge >= 0.3 is 5.97 Å². The molecule has 0 heterocycles. The molecule has 0 aliphatic heterocycles. The van der Waals surface area contributed by atoms with Gasteiger partial charge < -0.3 is 16.2 Å². The molecule has 0 unspecified atom stereocenters. The van der Waals surface area contributed by atoms with Crippen molar-refractivity contribution < 1.29 is 19.1 Å². The van der Waals surface area contributed by atoms with Gasteiger partial charge in [-0.05, 0) is 6.07 Å². The van der Waals surface area contributed by atoms with E-state index in [0.29, 0.717) is 0 Å². The van der Waals surface area contributed by atoms with Crippen LogP contribution in [0.3, 0.4) is 0 Å². The molecule has 0 saturated heterocycles. The lowest BCUT2D eigenvalue weighted by Crippen LogP contribution is -2.11. The molecular formula is C8H10FN3O3. The van der Waals surface area contributed by atoms with Crippen LogP contribution < -0.4 is 16.9 Å². The van der Waals surface area contributed by atoms with Crippen molar-refractivity contribution >= 4 is 23.0 Å². The molecule has 1 rings (SSSR count). The van der Waals surface area contributed by atoms with Crippen LogP contribution in [0.15, 0.2) is 6.07 Å². The van der Waals surface area contributed by atoms with Crippen LogP contribution in [-0.2, 0) is 4.74 Å². The van der Waals surface area contributed by atoms with E-state index in [4.69, 9.17) is 16.7 Å². The lowest BCUT2D eigenvalue weighted by Gasteiger charge is -2.10. The number of methoxy groups -OCH3 is 1. The Balaban J connectivity index is 3.41. The molecule has 0 fully saturated rings. The summed E-state index contributed by atoms with van der Waals surface area (Å²) in [6.45, 7) is 0. The van der Waals surface area contributed by atoms with Crippen molar-refractivity contribution in [2.75, 3.05) is 24.1 Å². The summed E-state index contributed by atoms with van der Waals surface area (Å²) in [5.41, 5.74) is 11.1. The molecule has 0 bridgehead atoms. The number of benzene rings is 1. The number of hydrogen-bond donors (Lipinski definition) is 4. The maximum absolute atomic E-state index is 13.3. The fourth-order valence-electron chi connectivity index (χ4n) is 1.05. The highest BCUT2D eigenvalue weighted by atomic mass is 19.1. The van der Waals surface area contributed by atoms with E-state index in [1.807, 2.05) is 0 Å². The average Bonchev–Trinajstić information content (AvgIpc) is 2.25. The molecular weight excluding hydrogens is 205 g/mol. The molecule has 1 aromatic rings. The average molecular weight is 215 g/mol. The Morgan fingerprint density at radius 1 is 1.53 bits per heavy atom. The highest BCUT2D eigenvalue weighted by molar-refractivity contribution is 5.98. The van der Waals surface area contributed by atoms with Crippen LogP contribution in [0.2, 0.25) is 0 Å². The second-order valence-electron chi connectivity index (χ2n) is 2.72. The molecule has 0 aromatic heterocycles. The standard InChI is InChI=1S/C8H10FN3O3/c1-15-8(13)3-2-4(12-14)7(11)5(9)6(3)10/h2,12,14H,10-11H2,1H3. The Morgan fingerprint density at radius 3 is 2.60 bits per heavy atom. The minimum atomic E-state index is -0.977. The Morgan fingerprint density at radius 2 is 2.13 bits per heavy atom. The van der Waals surface area contributed by atoms with Crippen molar-refractivity contribution in [3.63, 3.8) is 0 Å². The number of carbonyl (C=O) groups excluding carboxylic acids is 1. The number of anilines is 3. The predicted octanol–water partition coefficient (Wildman–Crippen LogP) is 0.578. The topological polar surface area (TPSA) is 111 Å². The van der Waals surface area contributed by atoms with Crippen molar-refractivity contribution in [3.05, 3.63) is 17.4 Å². The molecule has 7 heteroatoms. The normalized spacial score (nSPS) is 9.80. The Hall–Kier alpha value is -2.02. The van der Waals surface area contributed by atoms with Gasteiger partial charge in [-0.2, -0.15) is 0 Å². The number of hydrogen-bond acceptors (Lipinski definition) is 6. The second kappa shape index (κ2) is 4.01. The smallest absolute Gasteiger partial charge is 0.340 e. The zero-order valence-corrected chi connectivity index (χ0v) is 7.87. The van der Waals surface area contributed by atoms with Crippen LogP contribution in [0.25, 0.3) is 0 Å². The van der Waals surface area contributed by atoms with E-state index < -0.39 is 17.5 Å². The van der Waals surface area contributed by atoms with Gasteiger partial charge in [-0.3, -0.25) is 10.7 Å². The maximum atomic E-state index is 13.3. The quantitative estimate of drug-likeness (QED) is 0.326. The summed E-state index contributed by atoms with van der Waals surface area (Å²) in [6, 6.07) is 1.10. The number of esters is 1. The van der Waals surface area contributed by atoms with E-state index in [1.165, 1.54) is 0 Å². The molecule has 0 amide bonds. The van der Waals surface area contributed by atoms with Gasteiger partial charge in [0.15, 0.2) is 5.82 Å². The van der Waals surface area contributed by atoms with Gasteiger partial charge in [0.2, 0.25) is 0 Å². The molecule has 6 N–H and O–H groups in total. The molecule has 6 nitrogen and oxygen atoms in total. The SMILES string of the molecule is COC(=O)c1cc(NO)c(N)c(F)c1N. The molecule has 0 radical (unpaired) electrons. The molecule has 15 heavy (non-hydrogen) atoms. The fraction of sp³-hybridized carbons (Fsp3) is 0.125. The van der Waals surface area contributed by atoms with Gasteiger partial charge in [0.25, 0.3) is 0 Å². The first-order valence-corrected chi connectivity index (χ1v) is 3.88. The first kappa shape index (κ1) is 11.1. The van der Waals surface area contributed by atoms with Gasteiger partial charge in [-0.1, -0.05) is 0 Å². The van der Waals surface area contributed by atoms with Crippen LogP contribution in [0, 0.1) is 5.82 Å². The second-order valence-corrected chi connectivity index (χ2v) is 2.72. The summed E-state index contributed by atoms with van der Waals surface area (Å²) in [7, 11) is 1.13. The first-order valence-electron chi connectivity index (χ1n) is 3.88. The summed E-state index contributed by atoms with van der Waals surface area (Å²) in [5, 5.41) is 8.62. The van der Waals surface area contributed by atoms with Crippen molar-refractivity contribution in [3.8, 4) is 0 Å². The number of ether oxygens (including phenoxy) is 1. The van der Waals surface area contributed by atoms with Crippen molar-refractivity contribution in [2.45, 2.75) is 0 Å². The summed E-state index contributed by atoms with van der Waals surface area (Å²) >= 11 is 0. The number of nitrogens with two attached hydrogens (primary N) is 2. The van der Waals surface area contributed by atoms with Gasteiger partial charge in [0.05, 0.1) is 29.7 Å². The third kappa shape index (κ3) is 1.77. The molecule has 0 spiro atoms. The van der Waals surface area contributed by atoms with Crippen LogP contribution in [0.5, 0.6) is 0 Å². The maximum Gasteiger partial charge on any atom is 0.340 e. The van der Waals surface area contributed by atoms with Gasteiger partial charge in [0.1, 0.15) is 0 Å². The minimum Gasteiger partial charge on any atom is -0.465 e. The number of nitrogen functional groups attached to an aromatic ring is 2. The van der Waals surface area contributed by atoms with Crippen LogP contribution >= 0.6 is 0 Å². The zero-order valence-electron chi connectivity index (χ0n) is 7.87. The van der Waals surface area contributed by atoms with Gasteiger partial charge in [0, 0.05) is 0 Å². The predicted molar refractivity (Wildman–Crippen MR) is 52.0 cm³/mol. The Labute approximate surface area is 84.6 Å². The summed E-state index contributed by atoms with van der Waals surface area (Å²) in [6.07, 6.45) is 0. The highest BCUT2D eigenvalue weighted by Crippen LogP contribution is 2.30. The van der Waals surface area contributed by atoms with E-state index in [1.54, 1.807) is 5.48 Å². The van der Waals surface area contributed by atoms with Crippen molar-refractivity contribution in [1.29, 1.82) is 0 Å². The van der Waals surface area contributed by atoms with Crippen LogP contribution in [-0.4, -0.2) is 18.3 Å². The number of carbonyl (C=O) groups is 1. The monoisotopic (exact) mass is 215 g/mol. The van der Waals surface area contributed by atoms with Crippen LogP contribution in [0.1, 0.15) is 10.4 Å². The van der Waals surface area contributed by atoms with Gasteiger partial charge in [-0.15, -0.1) is 0 Å². The van der Waals surface area contributed by atoms with Gasteiger partial charge in [-0.25, -0.2) is 9.18 Å². The fourth-order valence-corrected chi connectivity index (χ4v) is 1.05. The van der Waals surface area contributed by atoms with Crippen molar-refractivity contribution in [1.82, 2.24) is 0 Å². The van der Waals surface area contributed by atoms with E-state index >= 15 is 0 Å². The third-order valence-corrected chi connectivity index (χ3v) is 1.87. The summed E-state index contributed by atoms with van der Waals surface area (Å²) in [4.78, 5) is 11.1. The zero-order chi connectivity index (χ0) is 11.6. The lowest BCUT2D eigenvalue weighted by molar-refractivity contribution is 0.0601. The molecule has 0 aliphatic carbocycles. The first-order chi connectivity index (χ1) is 7.02. The van der Waals surface area contributed by atoms with E-state index in [2.05, 4.69) is 4.74 Å². The van der Waals surface area contributed by atoms with E-state index in [-0.39, 0.29) is 16.9 Å². The lowest BCUT2D eigenvalue weighted by atomic mass is 10.1. The van der Waals surface area contributed by atoms with E-state index in [0.717, 1.165) is 13.2 Å². The molecule has 1 aromatic carbocycles. The third-order valence-electron chi connectivity index (χ3n) is 1.87. The highest BCUT2D eigenvalue weighted by Gasteiger charge is 2.19. The Kier molecular flexibility index (Phi) is 2.96. The van der Waals surface area contributed by atoms with E-state index in [9.17, 15) is 9.18 Å². The molecule has 0 atom stereocenters. The number of halogens is 1. The minimum absolute atomic E-state index is 0.151. The molecule has 0 aliphatic rings. The number of rotatable bonds is 2. The largest absolute Gasteiger partial charge is 0.465 e. The molecule has 0 saturated carbocycles. The summed E-state index contributed by atoms with van der Waals surface area (Å²) in [5.74, 6) is -1.79. The Bertz CT molecular complexity index is 409. The van der Waals surface area contributed by atoms with Crippen molar-refractivity contribution in [2.24, 2.45) is 0 Å².